The second kappa shape index (κ2) is 8.47. The largest absolute Gasteiger partial charge is 0.326 e. The minimum Gasteiger partial charge on any atom is -0.326 e. The van der Waals surface area contributed by atoms with Crippen molar-refractivity contribution in [2.75, 3.05) is 5.32 Å². The summed E-state index contributed by atoms with van der Waals surface area (Å²) in [6.45, 7) is 1.76. The number of hydrogen-bond donors (Lipinski definition) is 2. The van der Waals surface area contributed by atoms with Crippen LogP contribution in [0, 0.1) is 0 Å². The molecule has 0 aliphatic heterocycles. The van der Waals surface area contributed by atoms with Gasteiger partial charge in [-0.1, -0.05) is 36.2 Å². The van der Waals surface area contributed by atoms with Crippen LogP contribution < -0.4 is 10.7 Å². The number of halogens is 2. The van der Waals surface area contributed by atoms with Crippen molar-refractivity contribution >= 4 is 46.9 Å². The number of hydrazone groups is 1. The van der Waals surface area contributed by atoms with Crippen LogP contribution in [0.5, 0.6) is 0 Å². The lowest BCUT2D eigenvalue weighted by molar-refractivity contribution is -0.115. The van der Waals surface area contributed by atoms with Crippen molar-refractivity contribution in [1.82, 2.24) is 5.43 Å². The van der Waals surface area contributed by atoms with Gasteiger partial charge in [-0.25, -0.2) is 5.43 Å². The number of carbonyl (C=O) groups excluding carboxylic acids is 2. The van der Waals surface area contributed by atoms with E-state index in [0.717, 1.165) is 0 Å². The molecule has 0 spiro atoms. The van der Waals surface area contributed by atoms with E-state index in [2.05, 4.69) is 15.8 Å². The summed E-state index contributed by atoms with van der Waals surface area (Å²) >= 11 is 12.0. The molecule has 0 fully saturated rings. The lowest BCUT2D eigenvalue weighted by atomic mass is 10.2. The summed E-state index contributed by atoms with van der Waals surface area (Å²) < 4.78 is 0. The first kappa shape index (κ1) is 18.0. The third kappa shape index (κ3) is 4.81. The van der Waals surface area contributed by atoms with Gasteiger partial charge >= 0.3 is 0 Å². The number of benzene rings is 2. The van der Waals surface area contributed by atoms with E-state index in [1.54, 1.807) is 49.4 Å². The van der Waals surface area contributed by atoms with Gasteiger partial charge in [0.2, 0.25) is 5.91 Å². The van der Waals surface area contributed by atoms with Crippen LogP contribution in [0.15, 0.2) is 47.6 Å². The van der Waals surface area contributed by atoms with Crippen LogP contribution in [0.25, 0.3) is 0 Å². The fourth-order valence-corrected chi connectivity index (χ4v) is 2.30. The average molecular weight is 364 g/mol. The molecule has 0 radical (unpaired) electrons. The summed E-state index contributed by atoms with van der Waals surface area (Å²) in [5.41, 5.74) is 3.96. The summed E-state index contributed by atoms with van der Waals surface area (Å²) in [6, 6.07) is 11.6. The maximum absolute atomic E-state index is 12.0. The number of amides is 2. The zero-order valence-electron chi connectivity index (χ0n) is 12.8. The molecule has 2 rings (SSSR count). The van der Waals surface area contributed by atoms with E-state index < -0.39 is 0 Å². The Bertz CT molecular complexity index is 754. The van der Waals surface area contributed by atoms with Crippen LogP contribution >= 0.6 is 23.2 Å². The Labute approximate surface area is 149 Å². The number of carbonyl (C=O) groups is 2. The Hall–Kier alpha value is -2.37. The van der Waals surface area contributed by atoms with Crippen molar-refractivity contribution < 1.29 is 9.59 Å². The fraction of sp³-hybridized carbons (Fsp3) is 0.118. The lowest BCUT2D eigenvalue weighted by Crippen LogP contribution is -2.17. The van der Waals surface area contributed by atoms with Crippen LogP contribution in [-0.4, -0.2) is 18.0 Å². The summed E-state index contributed by atoms with van der Waals surface area (Å²) in [5.74, 6) is -0.476. The van der Waals surface area contributed by atoms with E-state index in [1.165, 1.54) is 6.21 Å². The van der Waals surface area contributed by atoms with Crippen molar-refractivity contribution in [3.8, 4) is 0 Å². The Balaban J connectivity index is 2.00. The first-order chi connectivity index (χ1) is 11.5. The monoisotopic (exact) mass is 363 g/mol. The second-order valence-corrected chi connectivity index (χ2v) is 5.63. The number of rotatable bonds is 5. The van der Waals surface area contributed by atoms with Crippen molar-refractivity contribution in [2.24, 2.45) is 5.10 Å². The van der Waals surface area contributed by atoms with Gasteiger partial charge in [0.1, 0.15) is 0 Å². The van der Waals surface area contributed by atoms with Gasteiger partial charge < -0.3 is 5.32 Å². The molecule has 0 unspecified atom stereocenters. The highest BCUT2D eigenvalue weighted by Crippen LogP contribution is 2.22. The smallest absolute Gasteiger partial charge is 0.271 e. The van der Waals surface area contributed by atoms with E-state index in [9.17, 15) is 9.59 Å². The summed E-state index contributed by atoms with van der Waals surface area (Å²) in [4.78, 5) is 23.3. The fourth-order valence-electron chi connectivity index (χ4n) is 1.81. The highest BCUT2D eigenvalue weighted by molar-refractivity contribution is 6.38. The molecule has 0 saturated heterocycles. The molecule has 24 heavy (non-hydrogen) atoms. The molecule has 2 aromatic carbocycles. The van der Waals surface area contributed by atoms with Crippen LogP contribution in [0.4, 0.5) is 5.69 Å². The van der Waals surface area contributed by atoms with E-state index in [4.69, 9.17) is 23.2 Å². The van der Waals surface area contributed by atoms with Crippen LogP contribution in [0.2, 0.25) is 10.0 Å². The first-order valence-corrected chi connectivity index (χ1v) is 7.94. The van der Waals surface area contributed by atoms with Crippen molar-refractivity contribution in [3.63, 3.8) is 0 Å². The minimum absolute atomic E-state index is 0.0894. The highest BCUT2D eigenvalue weighted by atomic mass is 35.5. The van der Waals surface area contributed by atoms with Gasteiger partial charge in [-0.2, -0.15) is 5.10 Å². The van der Waals surface area contributed by atoms with Gasteiger partial charge in [0.05, 0.1) is 16.3 Å². The predicted octanol–water partition coefficient (Wildman–Crippen LogP) is 4.11. The van der Waals surface area contributed by atoms with E-state index in [0.29, 0.717) is 33.3 Å². The molecule has 0 atom stereocenters. The molecular weight excluding hydrogens is 349 g/mol. The Morgan fingerprint density at radius 2 is 1.71 bits per heavy atom. The molecule has 0 aliphatic carbocycles. The molecule has 0 saturated carbocycles. The number of hydrogen-bond acceptors (Lipinski definition) is 3. The Kier molecular flexibility index (Phi) is 6.35. The average Bonchev–Trinajstić information content (AvgIpc) is 2.58. The van der Waals surface area contributed by atoms with Crippen molar-refractivity contribution in [1.29, 1.82) is 0 Å². The molecule has 0 heterocycles. The van der Waals surface area contributed by atoms with E-state index >= 15 is 0 Å². The third-order valence-electron chi connectivity index (χ3n) is 3.11. The maximum atomic E-state index is 12.0. The zero-order valence-corrected chi connectivity index (χ0v) is 14.4. The topological polar surface area (TPSA) is 70.6 Å². The molecule has 0 bridgehead atoms. The maximum Gasteiger partial charge on any atom is 0.271 e. The summed E-state index contributed by atoms with van der Waals surface area (Å²) in [7, 11) is 0. The van der Waals surface area contributed by atoms with E-state index in [1.807, 2.05) is 0 Å². The zero-order chi connectivity index (χ0) is 17.5. The van der Waals surface area contributed by atoms with Gasteiger partial charge in [-0.3, -0.25) is 9.59 Å². The van der Waals surface area contributed by atoms with Gasteiger partial charge in [0.15, 0.2) is 0 Å². The van der Waals surface area contributed by atoms with Gasteiger partial charge in [0.25, 0.3) is 5.91 Å². The standard InChI is InChI=1S/C17H15Cl2N3O2/c1-2-16(23)21-12-8-6-11(7-9-12)17(24)22-20-10-13-14(18)4-3-5-15(13)19/h3-10H,2H2,1H3,(H,21,23)(H,22,24)/b20-10+. The van der Waals surface area contributed by atoms with Gasteiger partial charge in [-0.15, -0.1) is 0 Å². The quantitative estimate of drug-likeness (QED) is 0.619. The number of nitrogens with one attached hydrogen (secondary N) is 2. The molecule has 124 valence electrons. The first-order valence-electron chi connectivity index (χ1n) is 7.18. The Morgan fingerprint density at radius 3 is 2.29 bits per heavy atom. The molecule has 0 aliphatic rings. The Morgan fingerprint density at radius 1 is 1.08 bits per heavy atom. The van der Waals surface area contributed by atoms with Gasteiger partial charge in [0, 0.05) is 23.2 Å². The number of nitrogens with zero attached hydrogens (tertiary/aromatic N) is 1. The lowest BCUT2D eigenvalue weighted by Gasteiger charge is -2.05. The molecular formula is C17H15Cl2N3O2. The molecule has 0 aromatic heterocycles. The third-order valence-corrected chi connectivity index (χ3v) is 3.77. The van der Waals surface area contributed by atoms with Crippen molar-refractivity contribution in [2.45, 2.75) is 13.3 Å². The predicted molar refractivity (Wildman–Crippen MR) is 96.9 cm³/mol. The molecule has 5 nitrogen and oxygen atoms in total. The second-order valence-electron chi connectivity index (χ2n) is 4.81. The minimum atomic E-state index is -0.386. The molecule has 7 heteroatoms. The van der Waals surface area contributed by atoms with Gasteiger partial charge in [-0.05, 0) is 36.4 Å². The summed E-state index contributed by atoms with van der Waals surface area (Å²) in [5, 5.41) is 7.45. The van der Waals surface area contributed by atoms with Crippen LogP contribution in [0.3, 0.4) is 0 Å². The molecule has 2 amide bonds. The number of anilines is 1. The molecule has 2 N–H and O–H groups in total. The van der Waals surface area contributed by atoms with E-state index in [-0.39, 0.29) is 11.8 Å². The molecule has 2 aromatic rings. The highest BCUT2D eigenvalue weighted by Gasteiger charge is 2.06. The van der Waals surface area contributed by atoms with Crippen LogP contribution in [0.1, 0.15) is 29.3 Å². The normalized spacial score (nSPS) is 10.6. The summed E-state index contributed by atoms with van der Waals surface area (Å²) in [6.07, 6.45) is 1.78. The van der Waals surface area contributed by atoms with Crippen molar-refractivity contribution in [3.05, 3.63) is 63.6 Å². The SMILES string of the molecule is CCC(=O)Nc1ccc(C(=O)N/N=C/c2c(Cl)cccc2Cl)cc1. The van der Waals surface area contributed by atoms with Crippen LogP contribution in [-0.2, 0) is 4.79 Å².